The molecular formula is C27H26O9. The first kappa shape index (κ1) is 26.2. The second-order valence-electron chi connectivity index (χ2n) is 8.16. The summed E-state index contributed by atoms with van der Waals surface area (Å²) < 4.78 is 15.8. The van der Waals surface area contributed by atoms with Crippen molar-refractivity contribution < 1.29 is 33.4 Å². The lowest BCUT2D eigenvalue weighted by molar-refractivity contribution is -0.142. The lowest BCUT2D eigenvalue weighted by Crippen LogP contribution is -2.17. The first-order valence-corrected chi connectivity index (χ1v) is 11.2. The first-order valence-electron chi connectivity index (χ1n) is 11.2. The Morgan fingerprint density at radius 2 is 1.36 bits per heavy atom. The molecule has 0 bridgehead atoms. The second kappa shape index (κ2) is 10.9. The fraction of sp³-hybridized carbons (Fsp3) is 0.259. The van der Waals surface area contributed by atoms with Crippen molar-refractivity contribution in [2.45, 2.75) is 40.5 Å². The average Bonchev–Trinajstić information content (AvgIpc) is 2.79. The lowest BCUT2D eigenvalue weighted by Gasteiger charge is -2.07. The normalized spacial score (nSPS) is 10.7. The van der Waals surface area contributed by atoms with E-state index in [9.17, 15) is 24.3 Å². The van der Waals surface area contributed by atoms with Gasteiger partial charge in [0.25, 0.3) is 0 Å². The Morgan fingerprint density at radius 3 is 1.92 bits per heavy atom. The number of aliphatic carboxylic acids is 1. The topological polar surface area (TPSA) is 144 Å². The molecule has 2 heterocycles. The van der Waals surface area contributed by atoms with Crippen molar-refractivity contribution in [1.29, 1.82) is 0 Å². The number of esters is 1. The average molecular weight is 494 g/mol. The standard InChI is InChI=1S/C15H16O4.C12H10O5/c1-4-18-14(16)8-12-10(3)19-13-7-9(2)5-6-11(13)15(12)17;1-6-9(5-11(14)15)12(16)8-3-2-7(13)4-10(8)17-6/h5-7H,4,8H2,1-3H3;2-4,13H,5H2,1H3,(H,14,15). The molecule has 9 nitrogen and oxygen atoms in total. The van der Waals surface area contributed by atoms with Gasteiger partial charge in [-0.25, -0.2) is 0 Å². The van der Waals surface area contributed by atoms with Crippen LogP contribution in [0.15, 0.2) is 54.8 Å². The van der Waals surface area contributed by atoms with Gasteiger partial charge >= 0.3 is 11.9 Å². The van der Waals surface area contributed by atoms with Crippen LogP contribution in [0.4, 0.5) is 0 Å². The summed E-state index contributed by atoms with van der Waals surface area (Å²) >= 11 is 0. The summed E-state index contributed by atoms with van der Waals surface area (Å²) in [6, 6.07) is 9.50. The molecule has 0 saturated carbocycles. The van der Waals surface area contributed by atoms with Crippen molar-refractivity contribution in [2.75, 3.05) is 6.61 Å². The summed E-state index contributed by atoms with van der Waals surface area (Å²) in [6.07, 6.45) is -0.420. The van der Waals surface area contributed by atoms with E-state index in [0.717, 1.165) is 5.56 Å². The van der Waals surface area contributed by atoms with Crippen molar-refractivity contribution in [3.63, 3.8) is 0 Å². The largest absolute Gasteiger partial charge is 0.508 e. The fourth-order valence-electron chi connectivity index (χ4n) is 3.70. The van der Waals surface area contributed by atoms with Gasteiger partial charge in [-0.1, -0.05) is 6.07 Å². The fourth-order valence-corrected chi connectivity index (χ4v) is 3.70. The van der Waals surface area contributed by atoms with E-state index < -0.39 is 11.9 Å². The number of carbonyl (C=O) groups excluding carboxylic acids is 1. The highest BCUT2D eigenvalue weighted by atomic mass is 16.5. The van der Waals surface area contributed by atoms with Gasteiger partial charge < -0.3 is 23.8 Å². The van der Waals surface area contributed by atoms with Crippen molar-refractivity contribution in [2.24, 2.45) is 0 Å². The highest BCUT2D eigenvalue weighted by Crippen LogP contribution is 2.20. The van der Waals surface area contributed by atoms with Gasteiger partial charge in [-0.2, -0.15) is 0 Å². The third-order valence-electron chi connectivity index (χ3n) is 5.47. The summed E-state index contributed by atoms with van der Waals surface area (Å²) in [4.78, 5) is 46.5. The number of carboxylic acid groups (broad SMARTS) is 1. The zero-order valence-electron chi connectivity index (χ0n) is 20.3. The predicted molar refractivity (Wildman–Crippen MR) is 133 cm³/mol. The smallest absolute Gasteiger partial charge is 0.310 e. The monoisotopic (exact) mass is 494 g/mol. The molecule has 188 valence electrons. The summed E-state index contributed by atoms with van der Waals surface area (Å²) in [7, 11) is 0. The minimum absolute atomic E-state index is 0.00830. The molecular weight excluding hydrogens is 468 g/mol. The summed E-state index contributed by atoms with van der Waals surface area (Å²) in [5.41, 5.74) is 1.80. The van der Waals surface area contributed by atoms with E-state index in [2.05, 4.69) is 0 Å². The van der Waals surface area contributed by atoms with Crippen LogP contribution in [0.2, 0.25) is 0 Å². The molecule has 0 unspecified atom stereocenters. The maximum absolute atomic E-state index is 12.3. The molecule has 0 aliphatic rings. The number of fused-ring (bicyclic) bond motifs is 2. The zero-order chi connectivity index (χ0) is 26.6. The maximum atomic E-state index is 12.3. The quantitative estimate of drug-likeness (QED) is 0.394. The minimum atomic E-state index is -1.08. The number of ether oxygens (including phenoxy) is 1. The number of hydrogen-bond acceptors (Lipinski definition) is 8. The molecule has 2 aromatic heterocycles. The number of benzene rings is 2. The lowest BCUT2D eigenvalue weighted by atomic mass is 10.1. The second-order valence-corrected chi connectivity index (χ2v) is 8.16. The van der Waals surface area contributed by atoms with Crippen LogP contribution in [0, 0.1) is 20.8 Å². The zero-order valence-corrected chi connectivity index (χ0v) is 20.3. The molecule has 36 heavy (non-hydrogen) atoms. The van der Waals surface area contributed by atoms with E-state index in [1.807, 2.05) is 19.1 Å². The van der Waals surface area contributed by atoms with Gasteiger partial charge in [-0.05, 0) is 57.5 Å². The van der Waals surface area contributed by atoms with Gasteiger partial charge in [0.15, 0.2) is 10.9 Å². The Kier molecular flexibility index (Phi) is 7.93. The van der Waals surface area contributed by atoms with Crippen molar-refractivity contribution in [1.82, 2.24) is 0 Å². The molecule has 0 amide bonds. The Bertz CT molecular complexity index is 1570. The van der Waals surface area contributed by atoms with E-state index in [-0.39, 0.29) is 51.7 Å². The van der Waals surface area contributed by atoms with Gasteiger partial charge in [-0.3, -0.25) is 19.2 Å². The van der Waals surface area contributed by atoms with Gasteiger partial charge in [-0.15, -0.1) is 0 Å². The molecule has 0 spiro atoms. The number of rotatable bonds is 5. The van der Waals surface area contributed by atoms with Crippen LogP contribution < -0.4 is 10.9 Å². The Balaban J connectivity index is 0.000000202. The van der Waals surface area contributed by atoms with Crippen LogP contribution in [0.25, 0.3) is 21.9 Å². The Labute approximate surface area is 205 Å². The summed E-state index contributed by atoms with van der Waals surface area (Å²) in [5.74, 6) is -0.777. The predicted octanol–water partition coefficient (Wildman–Crippen LogP) is 3.95. The number of aryl methyl sites for hydroxylation is 3. The van der Waals surface area contributed by atoms with Gasteiger partial charge in [0.05, 0.1) is 30.2 Å². The van der Waals surface area contributed by atoms with Gasteiger partial charge in [0, 0.05) is 17.2 Å². The van der Waals surface area contributed by atoms with E-state index >= 15 is 0 Å². The van der Waals surface area contributed by atoms with E-state index in [1.165, 1.54) is 25.1 Å². The number of carboxylic acids is 1. The number of phenols is 1. The van der Waals surface area contributed by atoms with Crippen LogP contribution in [0.1, 0.15) is 35.1 Å². The number of aromatic hydroxyl groups is 1. The molecule has 2 aromatic carbocycles. The van der Waals surface area contributed by atoms with Crippen molar-refractivity contribution in [3.05, 3.63) is 85.1 Å². The third kappa shape index (κ3) is 5.80. The third-order valence-corrected chi connectivity index (χ3v) is 5.47. The molecule has 0 fully saturated rings. The molecule has 9 heteroatoms. The van der Waals surface area contributed by atoms with Crippen LogP contribution >= 0.6 is 0 Å². The highest BCUT2D eigenvalue weighted by molar-refractivity contribution is 5.81. The van der Waals surface area contributed by atoms with Crippen LogP contribution in [0.5, 0.6) is 5.75 Å². The van der Waals surface area contributed by atoms with Crippen LogP contribution in [-0.2, 0) is 27.2 Å². The number of hydrogen-bond donors (Lipinski definition) is 2. The molecule has 0 atom stereocenters. The number of carbonyl (C=O) groups is 2. The van der Waals surface area contributed by atoms with E-state index in [4.69, 9.17) is 18.7 Å². The molecule has 4 aromatic rings. The molecule has 2 N–H and O–H groups in total. The van der Waals surface area contributed by atoms with E-state index in [1.54, 1.807) is 19.9 Å². The molecule has 0 aliphatic heterocycles. The Morgan fingerprint density at radius 1 is 0.833 bits per heavy atom. The highest BCUT2D eigenvalue weighted by Gasteiger charge is 2.16. The molecule has 0 aliphatic carbocycles. The molecule has 0 radical (unpaired) electrons. The maximum Gasteiger partial charge on any atom is 0.310 e. The Hall–Kier alpha value is -4.40. The van der Waals surface area contributed by atoms with Gasteiger partial charge in [0.2, 0.25) is 0 Å². The van der Waals surface area contributed by atoms with Crippen LogP contribution in [-0.4, -0.2) is 28.8 Å². The summed E-state index contributed by atoms with van der Waals surface area (Å²) in [6.45, 7) is 7.19. The molecule has 4 rings (SSSR count). The minimum Gasteiger partial charge on any atom is -0.508 e. The molecule has 0 saturated heterocycles. The SMILES string of the molecule is CCOC(=O)Cc1c(C)oc2cc(C)ccc2c1=O.Cc1oc2cc(O)ccc2c(=O)c1CC(=O)O. The van der Waals surface area contributed by atoms with Gasteiger partial charge in [0.1, 0.15) is 28.4 Å². The van der Waals surface area contributed by atoms with Crippen molar-refractivity contribution in [3.8, 4) is 5.75 Å². The van der Waals surface area contributed by atoms with Crippen molar-refractivity contribution >= 4 is 33.9 Å². The van der Waals surface area contributed by atoms with E-state index in [0.29, 0.717) is 28.9 Å². The number of phenolic OH excluding ortho intramolecular Hbond substituents is 1. The first-order chi connectivity index (χ1) is 17.0. The summed E-state index contributed by atoms with van der Waals surface area (Å²) in [5, 5.41) is 18.7. The van der Waals surface area contributed by atoms with Crippen LogP contribution in [0.3, 0.4) is 0 Å².